The highest BCUT2D eigenvalue weighted by Gasteiger charge is 2.44. The van der Waals surface area contributed by atoms with E-state index in [1.807, 2.05) is 12.1 Å². The Morgan fingerprint density at radius 2 is 2.40 bits per heavy atom. The van der Waals surface area contributed by atoms with Crippen molar-refractivity contribution in [3.8, 4) is 5.75 Å². The summed E-state index contributed by atoms with van der Waals surface area (Å²) >= 11 is 0. The van der Waals surface area contributed by atoms with Gasteiger partial charge in [0.15, 0.2) is 0 Å². The lowest BCUT2D eigenvalue weighted by atomic mass is 9.91. The number of benzene rings is 1. The molecular formula is C12H12O3. The molecule has 78 valence electrons. The molecular weight excluding hydrogens is 192 g/mol. The average Bonchev–Trinajstić information content (AvgIpc) is 2.96. The molecule has 3 nitrogen and oxygen atoms in total. The van der Waals surface area contributed by atoms with Crippen LogP contribution in [0.2, 0.25) is 0 Å². The molecule has 0 N–H and O–H groups in total. The molecule has 3 rings (SSSR count). The Labute approximate surface area is 88.0 Å². The first-order valence-electron chi connectivity index (χ1n) is 5.21. The van der Waals surface area contributed by atoms with E-state index in [4.69, 9.17) is 9.47 Å². The Kier molecular flexibility index (Phi) is 1.83. The van der Waals surface area contributed by atoms with Crippen molar-refractivity contribution < 1.29 is 14.3 Å². The van der Waals surface area contributed by atoms with E-state index in [0.29, 0.717) is 11.9 Å². The van der Waals surface area contributed by atoms with Gasteiger partial charge in [-0.3, -0.25) is 4.79 Å². The number of ether oxygens (including phenoxy) is 2. The number of rotatable bonds is 1. The second kappa shape index (κ2) is 3.07. The summed E-state index contributed by atoms with van der Waals surface area (Å²) < 4.78 is 10.7. The lowest BCUT2D eigenvalue weighted by Gasteiger charge is -2.15. The largest absolute Gasteiger partial charge is 0.426 e. The van der Waals surface area contributed by atoms with Gasteiger partial charge >= 0.3 is 5.97 Å². The zero-order valence-corrected chi connectivity index (χ0v) is 8.53. The molecule has 1 fully saturated rings. The van der Waals surface area contributed by atoms with Crippen LogP contribution in [0.5, 0.6) is 5.75 Å². The number of hydrogen-bond donors (Lipinski definition) is 0. The monoisotopic (exact) mass is 204 g/mol. The minimum Gasteiger partial charge on any atom is -0.426 e. The van der Waals surface area contributed by atoms with Crippen LogP contribution in [-0.2, 0) is 16.0 Å². The summed E-state index contributed by atoms with van der Waals surface area (Å²) in [5.74, 6) is 0.441. The lowest BCUT2D eigenvalue weighted by molar-refractivity contribution is -0.131. The summed E-state index contributed by atoms with van der Waals surface area (Å²) in [7, 11) is 0. The van der Waals surface area contributed by atoms with Gasteiger partial charge in [0.1, 0.15) is 11.9 Å². The molecule has 0 spiro atoms. The molecule has 2 aliphatic rings. The SMILES string of the molecule is CC(=O)Oc1cccc2c1CCC1OC21. The standard InChI is InChI=1S/C12H12O3/c1-7(13)14-10-4-2-3-9-8(10)5-6-11-12(9)15-11/h2-4,11-12H,5-6H2,1H3. The van der Waals surface area contributed by atoms with Gasteiger partial charge in [-0.25, -0.2) is 0 Å². The van der Waals surface area contributed by atoms with Crippen molar-refractivity contribution in [1.82, 2.24) is 0 Å². The molecule has 0 bridgehead atoms. The van der Waals surface area contributed by atoms with Gasteiger partial charge in [0, 0.05) is 12.5 Å². The second-order valence-electron chi connectivity index (χ2n) is 4.05. The molecule has 1 heterocycles. The van der Waals surface area contributed by atoms with Gasteiger partial charge in [-0.05, 0) is 24.5 Å². The number of epoxide rings is 1. The molecule has 1 aromatic rings. The van der Waals surface area contributed by atoms with Crippen molar-refractivity contribution in [2.75, 3.05) is 0 Å². The summed E-state index contributed by atoms with van der Waals surface area (Å²) in [6.07, 6.45) is 2.64. The summed E-state index contributed by atoms with van der Waals surface area (Å²) in [5, 5.41) is 0. The van der Waals surface area contributed by atoms with Crippen molar-refractivity contribution in [1.29, 1.82) is 0 Å². The van der Waals surface area contributed by atoms with Crippen LogP contribution < -0.4 is 4.74 Å². The highest BCUT2D eigenvalue weighted by atomic mass is 16.6. The minimum atomic E-state index is -0.262. The Morgan fingerprint density at radius 1 is 1.53 bits per heavy atom. The maximum absolute atomic E-state index is 10.9. The number of hydrogen-bond acceptors (Lipinski definition) is 3. The maximum Gasteiger partial charge on any atom is 0.308 e. The van der Waals surface area contributed by atoms with E-state index in [0.717, 1.165) is 18.4 Å². The van der Waals surface area contributed by atoms with Crippen LogP contribution in [0.25, 0.3) is 0 Å². The molecule has 1 saturated heterocycles. The van der Waals surface area contributed by atoms with Gasteiger partial charge in [-0.1, -0.05) is 12.1 Å². The Hall–Kier alpha value is -1.35. The van der Waals surface area contributed by atoms with Crippen molar-refractivity contribution in [2.45, 2.75) is 32.0 Å². The Bertz CT molecular complexity index is 425. The molecule has 1 aromatic carbocycles. The average molecular weight is 204 g/mol. The molecule has 2 unspecified atom stereocenters. The summed E-state index contributed by atoms with van der Waals surface area (Å²) in [6.45, 7) is 1.43. The fraction of sp³-hybridized carbons (Fsp3) is 0.417. The van der Waals surface area contributed by atoms with Crippen LogP contribution in [0.15, 0.2) is 18.2 Å². The van der Waals surface area contributed by atoms with E-state index >= 15 is 0 Å². The summed E-state index contributed by atoms with van der Waals surface area (Å²) in [5.41, 5.74) is 2.34. The maximum atomic E-state index is 10.9. The normalized spacial score (nSPS) is 26.5. The van der Waals surface area contributed by atoms with Crippen LogP contribution in [0.1, 0.15) is 30.6 Å². The van der Waals surface area contributed by atoms with Crippen LogP contribution in [0.4, 0.5) is 0 Å². The van der Waals surface area contributed by atoms with E-state index in [1.54, 1.807) is 0 Å². The van der Waals surface area contributed by atoms with Crippen molar-refractivity contribution in [3.63, 3.8) is 0 Å². The molecule has 3 heteroatoms. The smallest absolute Gasteiger partial charge is 0.308 e. The van der Waals surface area contributed by atoms with Gasteiger partial charge in [0.05, 0.1) is 6.10 Å². The fourth-order valence-corrected chi connectivity index (χ4v) is 2.29. The van der Waals surface area contributed by atoms with E-state index in [2.05, 4.69) is 6.07 Å². The predicted octanol–water partition coefficient (Wildman–Crippen LogP) is 2.00. The van der Waals surface area contributed by atoms with E-state index in [9.17, 15) is 4.79 Å². The van der Waals surface area contributed by atoms with Crippen molar-refractivity contribution >= 4 is 5.97 Å². The Balaban J connectivity index is 2.01. The fourth-order valence-electron chi connectivity index (χ4n) is 2.29. The predicted molar refractivity (Wildman–Crippen MR) is 53.7 cm³/mol. The Morgan fingerprint density at radius 3 is 3.20 bits per heavy atom. The molecule has 1 aliphatic heterocycles. The van der Waals surface area contributed by atoms with Crippen molar-refractivity contribution in [3.05, 3.63) is 29.3 Å². The third-order valence-corrected chi connectivity index (χ3v) is 2.99. The summed E-state index contributed by atoms with van der Waals surface area (Å²) in [4.78, 5) is 10.9. The number of fused-ring (bicyclic) bond motifs is 3. The third kappa shape index (κ3) is 1.43. The first kappa shape index (κ1) is 8.92. The van der Waals surface area contributed by atoms with Crippen LogP contribution >= 0.6 is 0 Å². The number of esters is 1. The lowest BCUT2D eigenvalue weighted by Crippen LogP contribution is -2.09. The molecule has 0 amide bonds. The zero-order chi connectivity index (χ0) is 10.4. The van der Waals surface area contributed by atoms with Gasteiger partial charge in [-0.2, -0.15) is 0 Å². The quantitative estimate of drug-likeness (QED) is 0.399. The van der Waals surface area contributed by atoms with Gasteiger partial charge in [-0.15, -0.1) is 0 Å². The van der Waals surface area contributed by atoms with Crippen LogP contribution in [0.3, 0.4) is 0 Å². The number of carbonyl (C=O) groups excluding carboxylic acids is 1. The second-order valence-corrected chi connectivity index (χ2v) is 4.05. The molecule has 2 atom stereocenters. The van der Waals surface area contributed by atoms with Gasteiger partial charge in [0.25, 0.3) is 0 Å². The van der Waals surface area contributed by atoms with Crippen LogP contribution in [-0.4, -0.2) is 12.1 Å². The molecule has 0 aromatic heterocycles. The van der Waals surface area contributed by atoms with Crippen LogP contribution in [0, 0.1) is 0 Å². The molecule has 0 saturated carbocycles. The van der Waals surface area contributed by atoms with E-state index in [1.165, 1.54) is 12.5 Å². The highest BCUT2D eigenvalue weighted by molar-refractivity contribution is 5.70. The van der Waals surface area contributed by atoms with Gasteiger partial charge < -0.3 is 9.47 Å². The first-order chi connectivity index (χ1) is 7.25. The van der Waals surface area contributed by atoms with Crippen molar-refractivity contribution in [2.24, 2.45) is 0 Å². The van der Waals surface area contributed by atoms with Gasteiger partial charge in [0.2, 0.25) is 0 Å². The van der Waals surface area contributed by atoms with E-state index < -0.39 is 0 Å². The third-order valence-electron chi connectivity index (χ3n) is 2.99. The topological polar surface area (TPSA) is 38.8 Å². The molecule has 0 radical (unpaired) electrons. The first-order valence-corrected chi connectivity index (χ1v) is 5.21. The summed E-state index contributed by atoms with van der Waals surface area (Å²) in [6, 6.07) is 5.83. The highest BCUT2D eigenvalue weighted by Crippen LogP contribution is 2.48. The number of carbonyl (C=O) groups is 1. The zero-order valence-electron chi connectivity index (χ0n) is 8.53. The molecule has 1 aliphatic carbocycles. The minimum absolute atomic E-state index is 0.254. The molecule has 15 heavy (non-hydrogen) atoms. The van der Waals surface area contributed by atoms with E-state index in [-0.39, 0.29) is 12.1 Å².